The van der Waals surface area contributed by atoms with Gasteiger partial charge in [0, 0.05) is 48.4 Å². The third-order valence-corrected chi connectivity index (χ3v) is 5.32. The Labute approximate surface area is 200 Å². The SMILES string of the molecule is COc1ccccc1/C=C/CN1CCc2[nH]nc(-c3cccc(C#N)c3)c2C1.O=C(O)C(F)(F)F. The van der Waals surface area contributed by atoms with E-state index in [1.807, 2.05) is 42.5 Å². The molecule has 0 amide bonds. The maximum absolute atomic E-state index is 10.6. The first-order valence-electron chi connectivity index (χ1n) is 10.6. The first kappa shape index (κ1) is 25.5. The Bertz CT molecular complexity index is 1250. The van der Waals surface area contributed by atoms with Gasteiger partial charge in [-0.25, -0.2) is 4.79 Å². The quantitative estimate of drug-likeness (QED) is 0.546. The van der Waals surface area contributed by atoms with E-state index in [4.69, 9.17) is 19.9 Å². The molecule has 0 fully saturated rings. The zero-order chi connectivity index (χ0) is 25.4. The van der Waals surface area contributed by atoms with E-state index in [1.54, 1.807) is 7.11 Å². The van der Waals surface area contributed by atoms with E-state index in [9.17, 15) is 13.2 Å². The monoisotopic (exact) mass is 484 g/mol. The van der Waals surface area contributed by atoms with E-state index in [1.165, 1.54) is 11.3 Å². The normalized spacial score (nSPS) is 13.5. The Morgan fingerprint density at radius 2 is 2.03 bits per heavy atom. The summed E-state index contributed by atoms with van der Waals surface area (Å²) >= 11 is 0. The van der Waals surface area contributed by atoms with Crippen molar-refractivity contribution in [2.24, 2.45) is 0 Å². The van der Waals surface area contributed by atoms with Crippen LogP contribution >= 0.6 is 0 Å². The minimum absolute atomic E-state index is 0.654. The summed E-state index contributed by atoms with van der Waals surface area (Å²) in [7, 11) is 1.70. The van der Waals surface area contributed by atoms with Crippen molar-refractivity contribution >= 4 is 12.0 Å². The molecular weight excluding hydrogens is 461 g/mol. The lowest BCUT2D eigenvalue weighted by Gasteiger charge is -2.25. The summed E-state index contributed by atoms with van der Waals surface area (Å²) in [5, 5.41) is 24.0. The Kier molecular flexibility index (Phi) is 8.28. The number of aromatic nitrogens is 2. The van der Waals surface area contributed by atoms with Crippen molar-refractivity contribution in [2.45, 2.75) is 19.1 Å². The van der Waals surface area contributed by atoms with Crippen molar-refractivity contribution in [3.8, 4) is 23.1 Å². The van der Waals surface area contributed by atoms with Crippen LogP contribution in [0.4, 0.5) is 13.2 Å². The van der Waals surface area contributed by atoms with Crippen molar-refractivity contribution in [3.05, 3.63) is 77.0 Å². The highest BCUT2D eigenvalue weighted by Crippen LogP contribution is 2.29. The number of para-hydroxylation sites is 1. The number of nitrogens with one attached hydrogen (secondary N) is 1. The number of rotatable bonds is 5. The van der Waals surface area contributed by atoms with Gasteiger partial charge in [0.2, 0.25) is 0 Å². The highest BCUT2D eigenvalue weighted by molar-refractivity contribution is 5.73. The van der Waals surface area contributed by atoms with Crippen LogP contribution in [-0.2, 0) is 17.8 Å². The summed E-state index contributed by atoms with van der Waals surface area (Å²) in [4.78, 5) is 11.3. The van der Waals surface area contributed by atoms with Gasteiger partial charge in [-0.1, -0.05) is 42.5 Å². The molecule has 0 radical (unpaired) electrons. The number of aromatic amines is 1. The number of methoxy groups -OCH3 is 1. The zero-order valence-corrected chi connectivity index (χ0v) is 18.8. The van der Waals surface area contributed by atoms with Crippen molar-refractivity contribution in [2.75, 3.05) is 20.2 Å². The molecule has 1 aliphatic rings. The molecule has 0 atom stereocenters. The lowest BCUT2D eigenvalue weighted by atomic mass is 10.00. The standard InChI is InChI=1S/C23H22N4O.C2HF3O2/c1-28-22-10-3-2-7-18(22)9-5-12-27-13-11-21-20(16-27)23(26-25-21)19-8-4-6-17(14-19)15-24;3-2(4,5)1(6)7/h2-10,14H,11-13,16H2,1H3,(H,25,26);(H,6,7)/b9-5+;. The Morgan fingerprint density at radius 3 is 2.71 bits per heavy atom. The summed E-state index contributed by atoms with van der Waals surface area (Å²) in [6.45, 7) is 2.69. The van der Waals surface area contributed by atoms with Gasteiger partial charge in [-0.3, -0.25) is 10.00 Å². The van der Waals surface area contributed by atoms with Crippen LogP contribution < -0.4 is 4.74 Å². The van der Waals surface area contributed by atoms with Crippen molar-refractivity contribution in [3.63, 3.8) is 0 Å². The lowest BCUT2D eigenvalue weighted by molar-refractivity contribution is -0.192. The van der Waals surface area contributed by atoms with Crippen molar-refractivity contribution in [1.29, 1.82) is 5.26 Å². The minimum Gasteiger partial charge on any atom is -0.496 e. The van der Waals surface area contributed by atoms with E-state index >= 15 is 0 Å². The number of carboxylic acid groups (broad SMARTS) is 1. The molecule has 2 aromatic carbocycles. The fourth-order valence-corrected chi connectivity index (χ4v) is 3.61. The number of ether oxygens (including phenoxy) is 1. The van der Waals surface area contributed by atoms with Gasteiger partial charge in [0.05, 0.1) is 24.4 Å². The molecule has 0 bridgehead atoms. The third-order valence-electron chi connectivity index (χ3n) is 5.32. The van der Waals surface area contributed by atoms with Gasteiger partial charge in [0.25, 0.3) is 0 Å². The second-order valence-electron chi connectivity index (χ2n) is 7.65. The maximum Gasteiger partial charge on any atom is 0.490 e. The third kappa shape index (κ3) is 6.71. The Morgan fingerprint density at radius 1 is 1.29 bits per heavy atom. The number of halogens is 3. The average molecular weight is 484 g/mol. The van der Waals surface area contributed by atoms with Crippen LogP contribution in [-0.4, -0.2) is 52.5 Å². The van der Waals surface area contributed by atoms with E-state index in [0.717, 1.165) is 48.6 Å². The van der Waals surface area contributed by atoms with Crippen LogP contribution in [0.25, 0.3) is 17.3 Å². The number of nitrogens with zero attached hydrogens (tertiary/aromatic N) is 3. The van der Waals surface area contributed by atoms with Crippen LogP contribution in [0.15, 0.2) is 54.6 Å². The zero-order valence-electron chi connectivity index (χ0n) is 18.8. The molecule has 0 unspecified atom stereocenters. The minimum atomic E-state index is -5.08. The Balaban J connectivity index is 0.000000429. The van der Waals surface area contributed by atoms with E-state index in [-0.39, 0.29) is 0 Å². The fourth-order valence-electron chi connectivity index (χ4n) is 3.61. The molecule has 0 saturated heterocycles. The summed E-state index contributed by atoms with van der Waals surface area (Å²) in [6, 6.07) is 17.9. The largest absolute Gasteiger partial charge is 0.496 e. The van der Waals surface area contributed by atoms with Crippen molar-refractivity contribution in [1.82, 2.24) is 15.1 Å². The number of H-pyrrole nitrogens is 1. The number of alkyl halides is 3. The summed E-state index contributed by atoms with van der Waals surface area (Å²) < 4.78 is 37.1. The smallest absolute Gasteiger partial charge is 0.490 e. The molecule has 2 heterocycles. The highest BCUT2D eigenvalue weighted by Gasteiger charge is 2.38. The first-order valence-corrected chi connectivity index (χ1v) is 10.6. The number of hydrogen-bond acceptors (Lipinski definition) is 5. The number of benzene rings is 2. The van der Waals surface area contributed by atoms with Gasteiger partial charge < -0.3 is 9.84 Å². The molecule has 1 aromatic heterocycles. The number of carboxylic acids is 1. The maximum atomic E-state index is 10.6. The first-order chi connectivity index (χ1) is 16.7. The summed E-state index contributed by atoms with van der Waals surface area (Å²) in [6.07, 6.45) is 0.155. The van der Waals surface area contributed by atoms with Gasteiger partial charge in [0.1, 0.15) is 5.75 Å². The molecule has 4 rings (SSSR count). The molecule has 2 N–H and O–H groups in total. The van der Waals surface area contributed by atoms with Crippen LogP contribution in [0.1, 0.15) is 22.4 Å². The number of hydrogen-bond donors (Lipinski definition) is 2. The van der Waals surface area contributed by atoms with E-state index in [2.05, 4.69) is 39.4 Å². The van der Waals surface area contributed by atoms with Gasteiger partial charge in [-0.05, 0) is 18.2 Å². The van der Waals surface area contributed by atoms with Crippen LogP contribution in [0.3, 0.4) is 0 Å². The number of aliphatic carboxylic acids is 1. The van der Waals surface area contributed by atoms with Crippen LogP contribution in [0.5, 0.6) is 5.75 Å². The lowest BCUT2D eigenvalue weighted by Crippen LogP contribution is -2.30. The number of nitriles is 1. The van der Waals surface area contributed by atoms with E-state index in [0.29, 0.717) is 5.56 Å². The molecule has 7 nitrogen and oxygen atoms in total. The molecule has 35 heavy (non-hydrogen) atoms. The van der Waals surface area contributed by atoms with Gasteiger partial charge in [-0.2, -0.15) is 23.5 Å². The molecule has 0 aliphatic carbocycles. The number of fused-ring (bicyclic) bond motifs is 1. The Hall–Kier alpha value is -4.10. The molecule has 1 aliphatic heterocycles. The second-order valence-corrected chi connectivity index (χ2v) is 7.65. The number of carbonyl (C=O) groups is 1. The second kappa shape index (κ2) is 11.4. The van der Waals surface area contributed by atoms with Gasteiger partial charge in [-0.15, -0.1) is 0 Å². The fraction of sp³-hybridized carbons (Fsp3) is 0.240. The molecule has 182 valence electrons. The van der Waals surface area contributed by atoms with Gasteiger partial charge in [0.15, 0.2) is 0 Å². The predicted octanol–water partition coefficient (Wildman–Crippen LogP) is 4.66. The van der Waals surface area contributed by atoms with Crippen LogP contribution in [0, 0.1) is 11.3 Å². The average Bonchev–Trinajstić information content (AvgIpc) is 3.27. The summed E-state index contributed by atoms with van der Waals surface area (Å²) in [5.74, 6) is -1.87. The highest BCUT2D eigenvalue weighted by atomic mass is 19.4. The van der Waals surface area contributed by atoms with Crippen LogP contribution in [0.2, 0.25) is 0 Å². The van der Waals surface area contributed by atoms with Crippen molar-refractivity contribution < 1.29 is 27.8 Å². The topological polar surface area (TPSA) is 102 Å². The molecule has 10 heteroatoms. The van der Waals surface area contributed by atoms with Gasteiger partial charge >= 0.3 is 12.1 Å². The molecule has 0 spiro atoms. The summed E-state index contributed by atoms with van der Waals surface area (Å²) in [5.41, 5.74) is 6.10. The van der Waals surface area contributed by atoms with E-state index < -0.39 is 12.1 Å². The molecular formula is C25H23F3N4O3. The molecule has 0 saturated carbocycles. The predicted molar refractivity (Wildman–Crippen MR) is 123 cm³/mol. The molecule has 3 aromatic rings.